The molecule has 2 rings (SSSR count). The van der Waals surface area contributed by atoms with Gasteiger partial charge in [0.05, 0.1) is 6.04 Å². The molecule has 5 heteroatoms. The van der Waals surface area contributed by atoms with Gasteiger partial charge in [0.1, 0.15) is 0 Å². The van der Waals surface area contributed by atoms with Crippen LogP contribution in [0.25, 0.3) is 0 Å². The topological polar surface area (TPSA) is 58.4 Å². The molecule has 1 amide bonds. The van der Waals surface area contributed by atoms with Gasteiger partial charge in [0.15, 0.2) is 0 Å². The number of hydrogen-bond acceptors (Lipinski definition) is 4. The predicted molar refractivity (Wildman–Crippen MR) is 81.4 cm³/mol. The zero-order valence-corrected chi connectivity index (χ0v) is 12.8. The molecule has 0 radical (unpaired) electrons. The zero-order chi connectivity index (χ0) is 13.7. The van der Waals surface area contributed by atoms with Crippen LogP contribution >= 0.6 is 11.8 Å². The van der Waals surface area contributed by atoms with Crippen LogP contribution < -0.4 is 11.1 Å². The van der Waals surface area contributed by atoms with Crippen molar-refractivity contribution in [3.05, 3.63) is 0 Å². The van der Waals surface area contributed by atoms with Gasteiger partial charge in [0.2, 0.25) is 5.91 Å². The Morgan fingerprint density at radius 2 is 1.95 bits per heavy atom. The molecule has 0 aromatic carbocycles. The van der Waals surface area contributed by atoms with Crippen LogP contribution in [0.5, 0.6) is 0 Å². The summed E-state index contributed by atoms with van der Waals surface area (Å²) in [5, 5.41) is 3.08. The highest BCUT2D eigenvalue weighted by molar-refractivity contribution is 7.99. The largest absolute Gasteiger partial charge is 0.353 e. The molecular formula is C14H27N3OS. The SMILES string of the molecule is CC(N)C(=O)NCC1(N2CCSCC2)CCCCC1. The molecule has 0 aromatic rings. The molecule has 0 spiro atoms. The van der Waals surface area contributed by atoms with Crippen LogP contribution in [0.4, 0.5) is 0 Å². The Morgan fingerprint density at radius 3 is 2.53 bits per heavy atom. The number of nitrogens with one attached hydrogen (secondary N) is 1. The molecule has 4 nitrogen and oxygen atoms in total. The summed E-state index contributed by atoms with van der Waals surface area (Å²) in [5.41, 5.74) is 5.84. The van der Waals surface area contributed by atoms with E-state index < -0.39 is 6.04 Å². The van der Waals surface area contributed by atoms with Crippen molar-refractivity contribution in [3.63, 3.8) is 0 Å². The summed E-state index contributed by atoms with van der Waals surface area (Å²) >= 11 is 2.04. The number of carbonyl (C=O) groups excluding carboxylic acids is 1. The summed E-state index contributed by atoms with van der Waals surface area (Å²) < 4.78 is 0. The fraction of sp³-hybridized carbons (Fsp3) is 0.929. The summed E-state index contributed by atoms with van der Waals surface area (Å²) in [6.45, 7) is 4.86. The number of nitrogens with zero attached hydrogens (tertiary/aromatic N) is 1. The highest BCUT2D eigenvalue weighted by Crippen LogP contribution is 2.34. The third-order valence-electron chi connectivity index (χ3n) is 4.47. The van der Waals surface area contributed by atoms with Crippen LogP contribution in [0.3, 0.4) is 0 Å². The minimum Gasteiger partial charge on any atom is -0.353 e. The molecule has 1 heterocycles. The van der Waals surface area contributed by atoms with Gasteiger partial charge in [-0.1, -0.05) is 19.3 Å². The zero-order valence-electron chi connectivity index (χ0n) is 12.0. The Balaban J connectivity index is 1.99. The van der Waals surface area contributed by atoms with E-state index in [0.29, 0.717) is 0 Å². The fourth-order valence-electron chi connectivity index (χ4n) is 3.27. The highest BCUT2D eigenvalue weighted by atomic mass is 32.2. The van der Waals surface area contributed by atoms with Crippen molar-refractivity contribution >= 4 is 17.7 Å². The van der Waals surface area contributed by atoms with E-state index in [1.54, 1.807) is 6.92 Å². The van der Waals surface area contributed by atoms with Gasteiger partial charge < -0.3 is 11.1 Å². The molecule has 1 aliphatic heterocycles. The molecule has 19 heavy (non-hydrogen) atoms. The maximum atomic E-state index is 11.8. The highest BCUT2D eigenvalue weighted by Gasteiger charge is 2.38. The summed E-state index contributed by atoms with van der Waals surface area (Å²) in [6, 6.07) is -0.405. The quantitative estimate of drug-likeness (QED) is 0.815. The first kappa shape index (κ1) is 15.1. The summed E-state index contributed by atoms with van der Waals surface area (Å²) in [5.74, 6) is 2.43. The monoisotopic (exact) mass is 285 g/mol. The fourth-order valence-corrected chi connectivity index (χ4v) is 4.17. The Labute approximate surface area is 120 Å². The second kappa shape index (κ2) is 6.95. The minimum atomic E-state index is -0.405. The van der Waals surface area contributed by atoms with Crippen LogP contribution in [-0.4, -0.2) is 53.5 Å². The van der Waals surface area contributed by atoms with Gasteiger partial charge in [0, 0.05) is 36.7 Å². The molecule has 1 unspecified atom stereocenters. The van der Waals surface area contributed by atoms with Gasteiger partial charge >= 0.3 is 0 Å². The first-order valence-electron chi connectivity index (χ1n) is 7.50. The van der Waals surface area contributed by atoms with Crippen molar-refractivity contribution in [1.82, 2.24) is 10.2 Å². The second-order valence-electron chi connectivity index (χ2n) is 5.89. The average molecular weight is 285 g/mol. The van der Waals surface area contributed by atoms with Gasteiger partial charge in [-0.15, -0.1) is 0 Å². The van der Waals surface area contributed by atoms with Gasteiger partial charge in [-0.25, -0.2) is 0 Å². The maximum Gasteiger partial charge on any atom is 0.236 e. The number of nitrogens with two attached hydrogens (primary N) is 1. The Morgan fingerprint density at radius 1 is 1.32 bits per heavy atom. The van der Waals surface area contributed by atoms with E-state index in [1.807, 2.05) is 11.8 Å². The number of hydrogen-bond donors (Lipinski definition) is 2. The van der Waals surface area contributed by atoms with Crippen LogP contribution in [0.2, 0.25) is 0 Å². The lowest BCUT2D eigenvalue weighted by Gasteiger charge is -2.48. The molecule has 1 atom stereocenters. The smallest absolute Gasteiger partial charge is 0.236 e. The molecule has 3 N–H and O–H groups in total. The van der Waals surface area contributed by atoms with Crippen LogP contribution in [0.1, 0.15) is 39.0 Å². The number of rotatable bonds is 4. The van der Waals surface area contributed by atoms with Crippen molar-refractivity contribution < 1.29 is 4.79 Å². The van der Waals surface area contributed by atoms with Crippen molar-refractivity contribution in [1.29, 1.82) is 0 Å². The van der Waals surface area contributed by atoms with Gasteiger partial charge in [-0.05, 0) is 19.8 Å². The predicted octanol–water partition coefficient (Wildman–Crippen LogP) is 1.20. The van der Waals surface area contributed by atoms with Crippen molar-refractivity contribution in [2.24, 2.45) is 5.73 Å². The van der Waals surface area contributed by atoms with E-state index in [9.17, 15) is 4.79 Å². The number of amides is 1. The maximum absolute atomic E-state index is 11.8. The summed E-state index contributed by atoms with van der Waals surface area (Å²) in [7, 11) is 0. The van der Waals surface area contributed by atoms with Crippen molar-refractivity contribution in [2.75, 3.05) is 31.1 Å². The Hall–Kier alpha value is -0.260. The normalized spacial score (nSPS) is 25.8. The molecule has 2 aliphatic rings. The lowest BCUT2D eigenvalue weighted by molar-refractivity contribution is -0.122. The molecule has 0 aromatic heterocycles. The summed E-state index contributed by atoms with van der Waals surface area (Å²) in [6.07, 6.45) is 6.36. The third kappa shape index (κ3) is 3.86. The molecule has 110 valence electrons. The summed E-state index contributed by atoms with van der Waals surface area (Å²) in [4.78, 5) is 14.4. The van der Waals surface area contributed by atoms with Crippen molar-refractivity contribution in [3.8, 4) is 0 Å². The first-order chi connectivity index (χ1) is 9.14. The van der Waals surface area contributed by atoms with E-state index in [2.05, 4.69) is 10.2 Å². The lowest BCUT2D eigenvalue weighted by Crippen LogP contribution is -2.59. The van der Waals surface area contributed by atoms with Crippen molar-refractivity contribution in [2.45, 2.75) is 50.6 Å². The van der Waals surface area contributed by atoms with Crippen LogP contribution in [0, 0.1) is 0 Å². The molecular weight excluding hydrogens is 258 g/mol. The second-order valence-corrected chi connectivity index (χ2v) is 7.12. The van der Waals surface area contributed by atoms with Gasteiger partial charge in [-0.2, -0.15) is 11.8 Å². The molecule has 1 saturated heterocycles. The van der Waals surface area contributed by atoms with E-state index in [4.69, 9.17) is 5.73 Å². The average Bonchev–Trinajstić information content (AvgIpc) is 2.46. The van der Waals surface area contributed by atoms with Gasteiger partial charge in [0.25, 0.3) is 0 Å². The molecule has 0 bridgehead atoms. The van der Waals surface area contributed by atoms with Crippen LogP contribution in [0.15, 0.2) is 0 Å². The third-order valence-corrected chi connectivity index (χ3v) is 5.41. The van der Waals surface area contributed by atoms with Crippen LogP contribution in [-0.2, 0) is 4.79 Å². The molecule has 1 saturated carbocycles. The minimum absolute atomic E-state index is 0.0173. The van der Waals surface area contributed by atoms with E-state index >= 15 is 0 Å². The van der Waals surface area contributed by atoms with E-state index in [1.165, 1.54) is 56.7 Å². The Kier molecular flexibility index (Phi) is 5.54. The number of carbonyl (C=O) groups is 1. The lowest BCUT2D eigenvalue weighted by atomic mass is 9.80. The Bertz CT molecular complexity index is 297. The first-order valence-corrected chi connectivity index (χ1v) is 8.66. The number of thioether (sulfide) groups is 1. The van der Waals surface area contributed by atoms with E-state index in [0.717, 1.165) is 6.54 Å². The molecule has 1 aliphatic carbocycles. The molecule has 2 fully saturated rings. The standard InChI is InChI=1S/C14H27N3OS/c1-12(15)13(18)16-11-14(5-3-2-4-6-14)17-7-9-19-10-8-17/h12H,2-11,15H2,1H3,(H,16,18). The van der Waals surface area contributed by atoms with Gasteiger partial charge in [-0.3, -0.25) is 9.69 Å². The van der Waals surface area contributed by atoms with E-state index in [-0.39, 0.29) is 11.4 Å².